The molecule has 1 N–H and O–H groups in total. The standard InChI is InChI=1S/C30H38F3N3O4S/c1-30(2,3)41(39)34-27(15-20-14-25(32)26(33)16-24(20)31)21-12-22-10-11-23(13-21)36(22)28(37)17-35(4)29(38)40-18-19-8-6-5-7-9-19/h5-9,14,16,21-23,27,34H,10-13,15,17-18H2,1-4H3/t21?,22-,23+,27-,41?/m1/s1. The van der Waals surface area contributed by atoms with Crippen molar-refractivity contribution in [2.75, 3.05) is 13.6 Å². The summed E-state index contributed by atoms with van der Waals surface area (Å²) in [5.74, 6) is -3.50. The maximum Gasteiger partial charge on any atom is 0.410 e. The highest BCUT2D eigenvalue weighted by Gasteiger charge is 2.46. The van der Waals surface area contributed by atoms with Crippen molar-refractivity contribution in [3.05, 3.63) is 71.0 Å². The zero-order valence-corrected chi connectivity index (χ0v) is 24.7. The molecule has 0 aromatic heterocycles. The van der Waals surface area contributed by atoms with Crippen molar-refractivity contribution in [1.82, 2.24) is 14.5 Å². The second-order valence-corrected chi connectivity index (χ2v) is 14.0. The molecule has 5 atom stereocenters. The van der Waals surface area contributed by atoms with Gasteiger partial charge < -0.3 is 14.5 Å². The number of piperidine rings is 1. The van der Waals surface area contributed by atoms with Gasteiger partial charge in [0.15, 0.2) is 11.6 Å². The summed E-state index contributed by atoms with van der Waals surface area (Å²) in [7, 11) is 0.0390. The van der Waals surface area contributed by atoms with E-state index in [0.29, 0.717) is 18.9 Å². The van der Waals surface area contributed by atoms with E-state index in [-0.39, 0.29) is 49.0 Å². The molecule has 2 amide bonds. The molecule has 2 aliphatic heterocycles. The number of nitrogens with zero attached hydrogens (tertiary/aromatic N) is 2. The lowest BCUT2D eigenvalue weighted by Gasteiger charge is -2.42. The number of amides is 2. The topological polar surface area (TPSA) is 79.0 Å². The Morgan fingerprint density at radius 2 is 1.66 bits per heavy atom. The third-order valence-electron chi connectivity index (χ3n) is 7.86. The van der Waals surface area contributed by atoms with Gasteiger partial charge in [0.05, 0.1) is 15.7 Å². The number of benzene rings is 2. The fourth-order valence-electron chi connectivity index (χ4n) is 5.71. The zero-order chi connectivity index (χ0) is 29.9. The Morgan fingerprint density at radius 1 is 1.05 bits per heavy atom. The largest absolute Gasteiger partial charge is 0.445 e. The second-order valence-electron chi connectivity index (χ2n) is 12.0. The van der Waals surface area contributed by atoms with Crippen LogP contribution in [0.3, 0.4) is 0 Å². The number of ether oxygens (including phenoxy) is 1. The molecule has 4 rings (SSSR count). The first-order chi connectivity index (χ1) is 19.3. The Hall–Kier alpha value is -2.92. The first-order valence-corrected chi connectivity index (χ1v) is 15.0. The number of hydrogen-bond acceptors (Lipinski definition) is 4. The van der Waals surface area contributed by atoms with E-state index in [0.717, 1.165) is 24.5 Å². The normalized spacial score (nSPS) is 21.8. The van der Waals surface area contributed by atoms with Crippen molar-refractivity contribution in [2.24, 2.45) is 5.92 Å². The van der Waals surface area contributed by atoms with Crippen LogP contribution in [0.25, 0.3) is 0 Å². The number of carbonyl (C=O) groups is 2. The van der Waals surface area contributed by atoms with E-state index in [2.05, 4.69) is 4.72 Å². The summed E-state index contributed by atoms with van der Waals surface area (Å²) in [5.41, 5.74) is 0.855. The Bertz CT molecular complexity index is 1260. The molecule has 2 aromatic rings. The van der Waals surface area contributed by atoms with Crippen LogP contribution >= 0.6 is 0 Å². The maximum atomic E-state index is 14.6. The van der Waals surface area contributed by atoms with Gasteiger partial charge in [-0.2, -0.15) is 0 Å². The first-order valence-electron chi connectivity index (χ1n) is 13.9. The molecule has 11 heteroatoms. The van der Waals surface area contributed by atoms with Crippen molar-refractivity contribution in [3.63, 3.8) is 0 Å². The number of carbonyl (C=O) groups excluding carboxylic acids is 2. The molecule has 2 aromatic carbocycles. The van der Waals surface area contributed by atoms with E-state index in [4.69, 9.17) is 4.74 Å². The van der Waals surface area contributed by atoms with Crippen molar-refractivity contribution in [2.45, 2.75) is 82.4 Å². The fourth-order valence-corrected chi connectivity index (χ4v) is 6.61. The SMILES string of the molecule is CN(CC(=O)N1[C@@H]2CC[C@H]1CC([C@@H](Cc1cc(F)c(F)cc1F)NS(=O)C(C)(C)C)C2)C(=O)OCc1ccccc1. The van der Waals surface area contributed by atoms with Crippen LogP contribution in [0.4, 0.5) is 18.0 Å². The van der Waals surface area contributed by atoms with Gasteiger partial charge in [-0.3, -0.25) is 4.79 Å². The minimum atomic E-state index is -1.49. The van der Waals surface area contributed by atoms with Crippen LogP contribution in [0.2, 0.25) is 0 Å². The third-order valence-corrected chi connectivity index (χ3v) is 9.49. The maximum absolute atomic E-state index is 14.6. The summed E-state index contributed by atoms with van der Waals surface area (Å²) in [6.45, 7) is 5.44. The lowest BCUT2D eigenvalue weighted by molar-refractivity contribution is -0.137. The van der Waals surface area contributed by atoms with Crippen LogP contribution in [-0.2, 0) is 33.5 Å². The van der Waals surface area contributed by atoms with Crippen molar-refractivity contribution >= 4 is 23.0 Å². The van der Waals surface area contributed by atoms with E-state index < -0.39 is 45.3 Å². The fraction of sp³-hybridized carbons (Fsp3) is 0.533. The number of nitrogens with one attached hydrogen (secondary N) is 1. The van der Waals surface area contributed by atoms with Gasteiger partial charge in [-0.15, -0.1) is 0 Å². The molecule has 0 saturated carbocycles. The quantitative estimate of drug-likeness (QED) is 0.410. The zero-order valence-electron chi connectivity index (χ0n) is 23.9. The van der Waals surface area contributed by atoms with E-state index in [9.17, 15) is 27.0 Å². The van der Waals surface area contributed by atoms with E-state index >= 15 is 0 Å². The summed E-state index contributed by atoms with van der Waals surface area (Å²) >= 11 is 0. The summed E-state index contributed by atoms with van der Waals surface area (Å²) in [5, 5.41) is 0. The minimum absolute atomic E-state index is 0.00815. The van der Waals surface area contributed by atoms with Gasteiger partial charge in [0.1, 0.15) is 19.0 Å². The number of rotatable bonds is 9. The monoisotopic (exact) mass is 593 g/mol. The second kappa shape index (κ2) is 12.9. The molecule has 2 bridgehead atoms. The predicted octanol–water partition coefficient (Wildman–Crippen LogP) is 5.11. The van der Waals surface area contributed by atoms with Crippen LogP contribution in [0.5, 0.6) is 0 Å². The van der Waals surface area contributed by atoms with Crippen molar-refractivity contribution < 1.29 is 31.7 Å². The summed E-state index contributed by atoms with van der Waals surface area (Å²) < 4.78 is 63.1. The lowest BCUT2D eigenvalue weighted by atomic mass is 9.82. The molecule has 7 nitrogen and oxygen atoms in total. The minimum Gasteiger partial charge on any atom is -0.445 e. The molecule has 224 valence electrons. The van der Waals surface area contributed by atoms with Crippen LogP contribution in [0.15, 0.2) is 42.5 Å². The first kappa shape index (κ1) is 31.0. The highest BCUT2D eigenvalue weighted by molar-refractivity contribution is 7.84. The van der Waals surface area contributed by atoms with Crippen LogP contribution < -0.4 is 4.72 Å². The Morgan fingerprint density at radius 3 is 2.27 bits per heavy atom. The molecule has 2 aliphatic rings. The molecular weight excluding hydrogens is 555 g/mol. The molecule has 0 radical (unpaired) electrons. The van der Waals surface area contributed by atoms with Gasteiger partial charge in [-0.25, -0.2) is 26.9 Å². The summed E-state index contributed by atoms with van der Waals surface area (Å²) in [6.07, 6.45) is 2.15. The average Bonchev–Trinajstić information content (AvgIpc) is 3.19. The number of hydrogen-bond donors (Lipinski definition) is 1. The molecule has 41 heavy (non-hydrogen) atoms. The predicted molar refractivity (Wildman–Crippen MR) is 150 cm³/mol. The molecular formula is C30H38F3N3O4S. The third kappa shape index (κ3) is 7.68. The summed E-state index contributed by atoms with van der Waals surface area (Å²) in [4.78, 5) is 28.9. The molecule has 2 unspecified atom stereocenters. The van der Waals surface area contributed by atoms with Gasteiger partial charge in [0, 0.05) is 31.2 Å². The smallest absolute Gasteiger partial charge is 0.410 e. The number of fused-ring (bicyclic) bond motifs is 2. The lowest BCUT2D eigenvalue weighted by Crippen LogP contribution is -2.54. The molecule has 2 heterocycles. The molecule has 0 spiro atoms. The molecule has 2 fully saturated rings. The van der Waals surface area contributed by atoms with Gasteiger partial charge in [-0.1, -0.05) is 30.3 Å². The summed E-state index contributed by atoms with van der Waals surface area (Å²) in [6, 6.07) is 10.00. The van der Waals surface area contributed by atoms with Gasteiger partial charge >= 0.3 is 6.09 Å². The van der Waals surface area contributed by atoms with Gasteiger partial charge in [-0.05, 0) is 76.0 Å². The van der Waals surface area contributed by atoms with E-state index in [1.54, 1.807) is 0 Å². The molecule has 2 saturated heterocycles. The van der Waals surface area contributed by atoms with Crippen LogP contribution in [0.1, 0.15) is 57.6 Å². The number of halogens is 3. The van der Waals surface area contributed by atoms with Crippen molar-refractivity contribution in [3.8, 4) is 0 Å². The van der Waals surface area contributed by atoms with E-state index in [1.807, 2.05) is 56.0 Å². The highest BCUT2D eigenvalue weighted by Crippen LogP contribution is 2.41. The van der Waals surface area contributed by atoms with Gasteiger partial charge in [0.2, 0.25) is 5.91 Å². The van der Waals surface area contributed by atoms with Crippen molar-refractivity contribution in [1.29, 1.82) is 0 Å². The van der Waals surface area contributed by atoms with Crippen LogP contribution in [-0.4, -0.2) is 62.5 Å². The molecule has 0 aliphatic carbocycles. The van der Waals surface area contributed by atoms with Crippen LogP contribution in [0, 0.1) is 23.4 Å². The van der Waals surface area contributed by atoms with E-state index in [1.165, 1.54) is 11.9 Å². The average molecular weight is 594 g/mol. The Labute approximate surface area is 242 Å². The Kier molecular flexibility index (Phi) is 9.79. The van der Waals surface area contributed by atoms with Gasteiger partial charge in [0.25, 0.3) is 0 Å². The number of likely N-dealkylation sites (N-methyl/N-ethyl adjacent to an activating group) is 1. The Balaban J connectivity index is 1.42. The highest BCUT2D eigenvalue weighted by atomic mass is 32.2.